The van der Waals surface area contributed by atoms with Crippen LogP contribution in [-0.2, 0) is 9.59 Å². The van der Waals surface area contributed by atoms with Gasteiger partial charge in [-0.25, -0.2) is 9.59 Å². The van der Waals surface area contributed by atoms with E-state index in [4.69, 9.17) is 19.7 Å². The van der Waals surface area contributed by atoms with Gasteiger partial charge in [-0.15, -0.1) is 0 Å². The average molecular weight is 1090 g/mol. The maximum atomic E-state index is 11.0. The van der Waals surface area contributed by atoms with Crippen LogP contribution in [0.25, 0.3) is 11.1 Å². The summed E-state index contributed by atoms with van der Waals surface area (Å²) in [5, 5.41) is 39.2. The van der Waals surface area contributed by atoms with Gasteiger partial charge >= 0.3 is 11.9 Å². The number of ether oxygens (including phenoxy) is 2. The van der Waals surface area contributed by atoms with Gasteiger partial charge in [-0.1, -0.05) is 0 Å². The van der Waals surface area contributed by atoms with Gasteiger partial charge in [-0.2, -0.15) is 0 Å². The van der Waals surface area contributed by atoms with Crippen molar-refractivity contribution in [3.8, 4) is 34.1 Å². The predicted molar refractivity (Wildman–Crippen MR) is 158 cm³/mol. The first kappa shape index (κ1) is 27.2. The number of carboxylic acids is 2. The molecule has 2 rings (SSSR count). The minimum atomic E-state index is -1.17. The van der Waals surface area contributed by atoms with E-state index in [1.54, 1.807) is 0 Å². The molecule has 0 atom stereocenters. The highest BCUT2D eigenvalue weighted by Gasteiger charge is 2.29. The summed E-state index contributed by atoms with van der Waals surface area (Å²) < 4.78 is 13.5. The lowest BCUT2D eigenvalue weighted by atomic mass is 10.0. The lowest BCUT2D eigenvalue weighted by Gasteiger charge is -2.21. The van der Waals surface area contributed by atoms with Crippen molar-refractivity contribution in [3.63, 3.8) is 0 Å². The van der Waals surface area contributed by atoms with E-state index in [1.807, 2.05) is 136 Å². The number of benzene rings is 2. The number of rotatable bonds is 7. The zero-order valence-corrected chi connectivity index (χ0v) is 27.0. The molecule has 0 aliphatic rings. The Bertz CT molecular complexity index is 972. The molecular formula is C16H8I6O8. The van der Waals surface area contributed by atoms with E-state index in [0.29, 0.717) is 32.5 Å². The molecule has 0 amide bonds. The molecular weight excluding hydrogens is 1080 g/mol. The summed E-state index contributed by atoms with van der Waals surface area (Å²) in [5.41, 5.74) is 1.02. The maximum Gasteiger partial charge on any atom is 0.341 e. The Labute approximate surface area is 251 Å². The molecule has 14 heteroatoms. The molecule has 0 aromatic heterocycles. The molecule has 2 aromatic carbocycles. The lowest BCUT2D eigenvalue weighted by molar-refractivity contribution is -0.140. The molecule has 8 nitrogen and oxygen atoms in total. The molecule has 0 heterocycles. The highest BCUT2D eigenvalue weighted by atomic mass is 127. The molecule has 162 valence electrons. The Morgan fingerprint density at radius 3 is 1.17 bits per heavy atom. The topological polar surface area (TPSA) is 134 Å². The van der Waals surface area contributed by atoms with Crippen LogP contribution in [0, 0.1) is 21.4 Å². The second-order valence-electron chi connectivity index (χ2n) is 5.35. The van der Waals surface area contributed by atoms with Crippen LogP contribution in [0.5, 0.6) is 23.0 Å². The van der Waals surface area contributed by atoms with E-state index >= 15 is 0 Å². The minimum Gasteiger partial charge on any atom is -0.506 e. The number of phenols is 2. The van der Waals surface area contributed by atoms with Crippen LogP contribution in [0.1, 0.15) is 0 Å². The van der Waals surface area contributed by atoms with Crippen molar-refractivity contribution in [1.82, 2.24) is 0 Å². The van der Waals surface area contributed by atoms with Crippen molar-refractivity contribution < 1.29 is 39.5 Å². The van der Waals surface area contributed by atoms with E-state index in [1.165, 1.54) is 0 Å². The minimum absolute atomic E-state index is 0.0929. The van der Waals surface area contributed by atoms with Crippen LogP contribution in [0.2, 0.25) is 0 Å². The van der Waals surface area contributed by atoms with Gasteiger partial charge in [0.25, 0.3) is 0 Å². The van der Waals surface area contributed by atoms with Crippen molar-refractivity contribution in [2.24, 2.45) is 0 Å². The Morgan fingerprint density at radius 1 is 0.600 bits per heavy atom. The smallest absolute Gasteiger partial charge is 0.341 e. The standard InChI is InChI=1S/C16H8I6O8/c17-7-5(9(19)15(11(21)13(7)27)29-1-3(23)24)6-8(18)14(28)12(22)16(10(6)20)30-2-4(25)26/h27-28H,1-2H2,(H,23,24)(H,25,26). The van der Waals surface area contributed by atoms with Gasteiger partial charge in [0.1, 0.15) is 11.5 Å². The lowest BCUT2D eigenvalue weighted by Crippen LogP contribution is -2.13. The fourth-order valence-electron chi connectivity index (χ4n) is 2.22. The number of phenolic OH excluding ortho intramolecular Hbond substituents is 2. The molecule has 4 N–H and O–H groups in total. The van der Waals surface area contributed by atoms with Crippen LogP contribution in [0.3, 0.4) is 0 Å². The summed E-state index contributed by atoms with van der Waals surface area (Å²) in [4.78, 5) is 21.9. The van der Waals surface area contributed by atoms with Crippen molar-refractivity contribution >= 4 is 147 Å². The fraction of sp³-hybridized carbons (Fsp3) is 0.125. The number of hydrogen-bond donors (Lipinski definition) is 4. The Hall–Kier alpha value is 0.960. The molecule has 0 aliphatic carbocycles. The summed E-state index contributed by atoms with van der Waals surface area (Å²) in [5.74, 6) is -2.12. The molecule has 0 saturated carbocycles. The molecule has 0 aliphatic heterocycles. The number of aromatic hydroxyl groups is 2. The Kier molecular flexibility index (Phi) is 10.3. The monoisotopic (exact) mass is 1090 g/mol. The number of halogens is 6. The van der Waals surface area contributed by atoms with Crippen LogP contribution in [0.4, 0.5) is 0 Å². The third kappa shape index (κ3) is 5.71. The zero-order chi connectivity index (χ0) is 22.9. The average Bonchev–Trinajstić information content (AvgIpc) is 2.66. The maximum absolute atomic E-state index is 11.0. The zero-order valence-electron chi connectivity index (χ0n) is 14.1. The normalized spacial score (nSPS) is 10.7. The molecule has 30 heavy (non-hydrogen) atoms. The second kappa shape index (κ2) is 11.4. The first-order valence-corrected chi connectivity index (χ1v) is 13.9. The highest BCUT2D eigenvalue weighted by Crippen LogP contribution is 2.51. The molecule has 0 radical (unpaired) electrons. The second-order valence-corrected chi connectivity index (χ2v) is 11.8. The molecule has 2 aromatic rings. The summed E-state index contributed by atoms with van der Waals surface area (Å²) in [6, 6.07) is 0. The highest BCUT2D eigenvalue weighted by molar-refractivity contribution is 14.1. The van der Waals surface area contributed by atoms with Crippen LogP contribution in [-0.4, -0.2) is 45.6 Å². The van der Waals surface area contributed by atoms with Crippen molar-refractivity contribution in [2.45, 2.75) is 0 Å². The number of hydrogen-bond acceptors (Lipinski definition) is 6. The summed E-state index contributed by atoms with van der Waals surface area (Å²) in [6.07, 6.45) is 0. The van der Waals surface area contributed by atoms with Crippen LogP contribution < -0.4 is 9.47 Å². The van der Waals surface area contributed by atoms with Gasteiger partial charge in [-0.05, 0) is 136 Å². The van der Waals surface area contributed by atoms with Crippen molar-refractivity contribution in [2.75, 3.05) is 13.2 Å². The van der Waals surface area contributed by atoms with Crippen molar-refractivity contribution in [3.05, 3.63) is 21.4 Å². The predicted octanol–water partition coefficient (Wildman–Crippen LogP) is 5.32. The largest absolute Gasteiger partial charge is 0.506 e. The first-order valence-electron chi connectivity index (χ1n) is 7.38. The summed E-state index contributed by atoms with van der Waals surface area (Å²) in [7, 11) is 0. The Morgan fingerprint density at radius 2 is 0.900 bits per heavy atom. The third-order valence-electron chi connectivity index (χ3n) is 3.44. The van der Waals surface area contributed by atoms with E-state index in [-0.39, 0.29) is 23.0 Å². The van der Waals surface area contributed by atoms with Gasteiger partial charge in [0, 0.05) is 11.1 Å². The summed E-state index contributed by atoms with van der Waals surface area (Å²) >= 11 is 11.7. The van der Waals surface area contributed by atoms with Crippen LogP contribution in [0.15, 0.2) is 0 Å². The van der Waals surface area contributed by atoms with Gasteiger partial charge in [0.2, 0.25) is 0 Å². The number of carbonyl (C=O) groups is 2. The van der Waals surface area contributed by atoms with Gasteiger partial charge in [0.15, 0.2) is 24.7 Å². The fourth-order valence-corrected chi connectivity index (χ4v) is 10.3. The Balaban J connectivity index is 2.86. The first-order chi connectivity index (χ1) is 13.9. The van der Waals surface area contributed by atoms with Gasteiger partial charge in [0.05, 0.1) is 21.4 Å². The quantitative estimate of drug-likeness (QED) is 0.275. The summed E-state index contributed by atoms with van der Waals surface area (Å²) in [6.45, 7) is -1.19. The van der Waals surface area contributed by atoms with E-state index in [0.717, 1.165) is 0 Å². The molecule has 0 spiro atoms. The third-order valence-corrected chi connectivity index (χ3v) is 9.60. The molecule has 0 saturated heterocycles. The van der Waals surface area contributed by atoms with Gasteiger partial charge < -0.3 is 29.9 Å². The van der Waals surface area contributed by atoms with E-state index in [2.05, 4.69) is 0 Å². The molecule has 0 fully saturated rings. The van der Waals surface area contributed by atoms with Crippen molar-refractivity contribution in [1.29, 1.82) is 0 Å². The van der Waals surface area contributed by atoms with E-state index < -0.39 is 25.2 Å². The van der Waals surface area contributed by atoms with E-state index in [9.17, 15) is 19.8 Å². The number of carboxylic acid groups (broad SMARTS) is 2. The SMILES string of the molecule is O=C(O)COc1c(I)c(O)c(I)c(-c2c(I)c(O)c(I)c(OCC(=O)O)c2I)c1I. The number of aliphatic carboxylic acids is 2. The molecule has 0 bridgehead atoms. The van der Waals surface area contributed by atoms with Crippen LogP contribution >= 0.6 is 136 Å². The molecule has 0 unspecified atom stereocenters. The van der Waals surface area contributed by atoms with Gasteiger partial charge in [-0.3, -0.25) is 0 Å².